The lowest BCUT2D eigenvalue weighted by molar-refractivity contribution is -0.0507. The molecule has 0 saturated carbocycles. The van der Waals surface area contributed by atoms with Crippen LogP contribution in [0, 0.1) is 11.3 Å². The summed E-state index contributed by atoms with van der Waals surface area (Å²) in [5, 5.41) is 0. The Morgan fingerprint density at radius 3 is 2.43 bits per heavy atom. The van der Waals surface area contributed by atoms with E-state index in [-0.39, 0.29) is 5.41 Å². The summed E-state index contributed by atoms with van der Waals surface area (Å²) in [6.45, 7) is 13.4. The molecule has 14 heavy (non-hydrogen) atoms. The van der Waals surface area contributed by atoms with Gasteiger partial charge in [0.25, 0.3) is 0 Å². The first kappa shape index (κ1) is 11.8. The van der Waals surface area contributed by atoms with Gasteiger partial charge < -0.3 is 4.74 Å². The van der Waals surface area contributed by atoms with Crippen molar-refractivity contribution >= 4 is 0 Å². The standard InChI is InChI=1S/C13H24O/c1-9(2)7-12-8-10(3)13(5,6)11(4)14-12/h8-9,11-12H,7H2,1-6H3. The fourth-order valence-electron chi connectivity index (χ4n) is 1.87. The van der Waals surface area contributed by atoms with Gasteiger partial charge in [0.15, 0.2) is 0 Å². The van der Waals surface area contributed by atoms with Crippen molar-refractivity contribution in [2.45, 2.75) is 60.2 Å². The summed E-state index contributed by atoms with van der Waals surface area (Å²) in [5.74, 6) is 0.706. The molecule has 0 fully saturated rings. The van der Waals surface area contributed by atoms with Gasteiger partial charge in [0.05, 0.1) is 12.2 Å². The van der Waals surface area contributed by atoms with E-state index >= 15 is 0 Å². The van der Waals surface area contributed by atoms with Gasteiger partial charge in [-0.05, 0) is 26.2 Å². The molecule has 0 aromatic carbocycles. The van der Waals surface area contributed by atoms with Crippen LogP contribution in [-0.4, -0.2) is 12.2 Å². The number of hydrogen-bond donors (Lipinski definition) is 0. The predicted molar refractivity (Wildman–Crippen MR) is 61.3 cm³/mol. The van der Waals surface area contributed by atoms with Gasteiger partial charge in [0.1, 0.15) is 0 Å². The molecule has 0 aliphatic carbocycles. The maximum absolute atomic E-state index is 6.01. The van der Waals surface area contributed by atoms with Crippen molar-refractivity contribution in [3.63, 3.8) is 0 Å². The Balaban J connectivity index is 2.75. The highest BCUT2D eigenvalue weighted by Crippen LogP contribution is 2.37. The summed E-state index contributed by atoms with van der Waals surface area (Å²) >= 11 is 0. The molecule has 1 heteroatoms. The SMILES string of the molecule is CC1=CC(CC(C)C)OC(C)C1(C)C. The van der Waals surface area contributed by atoms with Crippen molar-refractivity contribution in [3.05, 3.63) is 11.6 Å². The molecular weight excluding hydrogens is 172 g/mol. The molecule has 1 heterocycles. The van der Waals surface area contributed by atoms with Gasteiger partial charge in [-0.1, -0.05) is 39.3 Å². The van der Waals surface area contributed by atoms with Crippen LogP contribution in [0.3, 0.4) is 0 Å². The molecule has 1 aliphatic rings. The van der Waals surface area contributed by atoms with Crippen molar-refractivity contribution in [3.8, 4) is 0 Å². The number of ether oxygens (including phenoxy) is 1. The fourth-order valence-corrected chi connectivity index (χ4v) is 1.87. The van der Waals surface area contributed by atoms with Gasteiger partial charge >= 0.3 is 0 Å². The molecule has 0 saturated heterocycles. The molecule has 2 atom stereocenters. The molecule has 0 aromatic rings. The topological polar surface area (TPSA) is 9.23 Å². The zero-order valence-electron chi connectivity index (χ0n) is 10.4. The predicted octanol–water partition coefficient (Wildman–Crippen LogP) is 3.79. The van der Waals surface area contributed by atoms with E-state index in [0.29, 0.717) is 18.1 Å². The second kappa shape index (κ2) is 4.06. The molecule has 0 amide bonds. The first-order valence-corrected chi connectivity index (χ1v) is 5.68. The average molecular weight is 196 g/mol. The lowest BCUT2D eigenvalue weighted by Gasteiger charge is -2.40. The molecule has 1 aliphatic heterocycles. The fraction of sp³-hybridized carbons (Fsp3) is 0.846. The van der Waals surface area contributed by atoms with Crippen molar-refractivity contribution in [1.82, 2.24) is 0 Å². The van der Waals surface area contributed by atoms with E-state index in [1.165, 1.54) is 5.57 Å². The largest absolute Gasteiger partial charge is 0.370 e. The molecule has 0 bridgehead atoms. The van der Waals surface area contributed by atoms with Crippen molar-refractivity contribution in [2.24, 2.45) is 11.3 Å². The van der Waals surface area contributed by atoms with E-state index in [4.69, 9.17) is 4.74 Å². The number of rotatable bonds is 2. The van der Waals surface area contributed by atoms with E-state index in [1.54, 1.807) is 0 Å². The molecule has 0 radical (unpaired) electrons. The quantitative estimate of drug-likeness (QED) is 0.610. The molecule has 2 unspecified atom stereocenters. The molecule has 1 rings (SSSR count). The highest BCUT2D eigenvalue weighted by molar-refractivity contribution is 5.16. The van der Waals surface area contributed by atoms with E-state index in [2.05, 4.69) is 47.6 Å². The van der Waals surface area contributed by atoms with Gasteiger partial charge in [0, 0.05) is 5.41 Å². The zero-order chi connectivity index (χ0) is 10.9. The summed E-state index contributed by atoms with van der Waals surface area (Å²) in [5.41, 5.74) is 1.68. The monoisotopic (exact) mass is 196 g/mol. The molecule has 0 spiro atoms. The first-order chi connectivity index (χ1) is 6.34. The van der Waals surface area contributed by atoms with E-state index < -0.39 is 0 Å². The third kappa shape index (κ3) is 2.38. The second-order valence-corrected chi connectivity index (χ2v) is 5.52. The summed E-state index contributed by atoms with van der Waals surface area (Å²) in [6, 6.07) is 0. The van der Waals surface area contributed by atoms with Gasteiger partial charge in [-0.2, -0.15) is 0 Å². The maximum atomic E-state index is 6.01. The lowest BCUT2D eigenvalue weighted by Crippen LogP contribution is -2.38. The van der Waals surface area contributed by atoms with Gasteiger partial charge in [-0.15, -0.1) is 0 Å². The van der Waals surface area contributed by atoms with Crippen LogP contribution in [0.2, 0.25) is 0 Å². The summed E-state index contributed by atoms with van der Waals surface area (Å²) in [4.78, 5) is 0. The Bertz CT molecular complexity index is 225. The zero-order valence-corrected chi connectivity index (χ0v) is 10.4. The average Bonchev–Trinajstić information content (AvgIpc) is 1.99. The van der Waals surface area contributed by atoms with Crippen LogP contribution in [0.25, 0.3) is 0 Å². The van der Waals surface area contributed by atoms with Gasteiger partial charge in [0.2, 0.25) is 0 Å². The second-order valence-electron chi connectivity index (χ2n) is 5.52. The summed E-state index contributed by atoms with van der Waals surface area (Å²) in [7, 11) is 0. The van der Waals surface area contributed by atoms with Crippen LogP contribution in [-0.2, 0) is 4.74 Å². The van der Waals surface area contributed by atoms with Gasteiger partial charge in [-0.3, -0.25) is 0 Å². The minimum atomic E-state index is 0.202. The smallest absolute Gasteiger partial charge is 0.0765 e. The molecule has 82 valence electrons. The Kier molecular flexibility index (Phi) is 3.41. The van der Waals surface area contributed by atoms with Crippen LogP contribution in [0.4, 0.5) is 0 Å². The molecule has 0 aromatic heterocycles. The maximum Gasteiger partial charge on any atom is 0.0765 e. The third-order valence-corrected chi connectivity index (χ3v) is 3.55. The van der Waals surface area contributed by atoms with E-state index in [9.17, 15) is 0 Å². The summed E-state index contributed by atoms with van der Waals surface area (Å²) in [6.07, 6.45) is 4.10. The van der Waals surface area contributed by atoms with Crippen LogP contribution >= 0.6 is 0 Å². The van der Waals surface area contributed by atoms with Crippen molar-refractivity contribution in [2.75, 3.05) is 0 Å². The van der Waals surface area contributed by atoms with Crippen LogP contribution in [0.5, 0.6) is 0 Å². The highest BCUT2D eigenvalue weighted by Gasteiger charge is 2.34. The van der Waals surface area contributed by atoms with Crippen molar-refractivity contribution in [1.29, 1.82) is 0 Å². The lowest BCUT2D eigenvalue weighted by atomic mass is 9.77. The molecular formula is C13H24O. The highest BCUT2D eigenvalue weighted by atomic mass is 16.5. The Labute approximate surface area is 88.5 Å². The summed E-state index contributed by atoms with van der Waals surface area (Å²) < 4.78 is 6.01. The normalized spacial score (nSPS) is 31.8. The Morgan fingerprint density at radius 1 is 1.43 bits per heavy atom. The third-order valence-electron chi connectivity index (χ3n) is 3.55. The van der Waals surface area contributed by atoms with Crippen LogP contribution in [0.15, 0.2) is 11.6 Å². The Morgan fingerprint density at radius 2 is 2.00 bits per heavy atom. The van der Waals surface area contributed by atoms with E-state index in [0.717, 1.165) is 6.42 Å². The van der Waals surface area contributed by atoms with E-state index in [1.807, 2.05) is 0 Å². The minimum Gasteiger partial charge on any atom is -0.370 e. The first-order valence-electron chi connectivity index (χ1n) is 5.68. The molecule has 1 nitrogen and oxygen atoms in total. The van der Waals surface area contributed by atoms with Crippen LogP contribution in [0.1, 0.15) is 48.0 Å². The number of hydrogen-bond acceptors (Lipinski definition) is 1. The minimum absolute atomic E-state index is 0.202. The Hall–Kier alpha value is -0.300. The molecule has 0 N–H and O–H groups in total. The van der Waals surface area contributed by atoms with Gasteiger partial charge in [-0.25, -0.2) is 0 Å². The van der Waals surface area contributed by atoms with Crippen LogP contribution < -0.4 is 0 Å². The van der Waals surface area contributed by atoms with Crippen molar-refractivity contribution < 1.29 is 4.74 Å².